The van der Waals surface area contributed by atoms with E-state index in [-0.39, 0.29) is 18.8 Å². The molecule has 3 aromatic carbocycles. The zero-order valence-corrected chi connectivity index (χ0v) is 15.3. The lowest BCUT2D eigenvalue weighted by Crippen LogP contribution is -2.04. The van der Waals surface area contributed by atoms with E-state index in [2.05, 4.69) is 10.2 Å². The van der Waals surface area contributed by atoms with Gasteiger partial charge in [-0.05, 0) is 60.2 Å². The highest BCUT2D eigenvalue weighted by atomic mass is 19.1. The van der Waals surface area contributed by atoms with Gasteiger partial charge in [0.2, 0.25) is 0 Å². The summed E-state index contributed by atoms with van der Waals surface area (Å²) in [5.74, 6) is -0.878. The van der Waals surface area contributed by atoms with E-state index in [1.54, 1.807) is 42.5 Å². The van der Waals surface area contributed by atoms with E-state index in [4.69, 9.17) is 10.5 Å². The van der Waals surface area contributed by atoms with Crippen LogP contribution < -0.4 is 10.5 Å². The Kier molecular flexibility index (Phi) is 4.95. The first-order chi connectivity index (χ1) is 14.0. The van der Waals surface area contributed by atoms with Crippen molar-refractivity contribution in [2.75, 3.05) is 5.73 Å². The Hall–Kier alpha value is -3.74. The number of nitrogens with two attached hydrogens (primary N) is 1. The van der Waals surface area contributed by atoms with Crippen molar-refractivity contribution in [1.29, 1.82) is 0 Å². The molecule has 0 radical (unpaired) electrons. The predicted octanol–water partition coefficient (Wildman–Crippen LogP) is 4.43. The topological polar surface area (TPSA) is 81.0 Å². The molecule has 0 amide bonds. The third-order valence-corrected chi connectivity index (χ3v) is 4.50. The van der Waals surface area contributed by atoms with E-state index in [9.17, 15) is 13.6 Å². The number of aromatic nitrogens is 2. The highest BCUT2D eigenvalue weighted by molar-refractivity contribution is 5.99. The highest BCUT2D eigenvalue weighted by Gasteiger charge is 2.13. The van der Waals surface area contributed by atoms with Gasteiger partial charge in [0.15, 0.2) is 5.78 Å². The number of benzene rings is 3. The summed E-state index contributed by atoms with van der Waals surface area (Å²) in [4.78, 5) is 12.5. The van der Waals surface area contributed by atoms with Gasteiger partial charge >= 0.3 is 0 Å². The Balaban J connectivity index is 1.52. The Morgan fingerprint density at radius 2 is 1.72 bits per heavy atom. The summed E-state index contributed by atoms with van der Waals surface area (Å²) in [6.07, 6.45) is 0.138. The average Bonchev–Trinajstić information content (AvgIpc) is 3.08. The standard InChI is InChI=1S/C22H17F2N3O2/c23-15-7-13(8-16(24)9-15)12-29-18-5-6-20-19(10-18)21(27-26-20)11-22(28)14-1-3-17(25)4-2-14/h1-10H,11-12,25H2,(H,26,27). The van der Waals surface area contributed by atoms with Crippen LogP contribution in [0.25, 0.3) is 10.9 Å². The molecule has 0 aliphatic carbocycles. The Morgan fingerprint density at radius 3 is 2.45 bits per heavy atom. The quantitative estimate of drug-likeness (QED) is 0.375. The molecule has 7 heteroatoms. The lowest BCUT2D eigenvalue weighted by molar-refractivity contribution is 0.0992. The summed E-state index contributed by atoms with van der Waals surface area (Å²) in [5, 5.41) is 7.85. The van der Waals surface area contributed by atoms with Gasteiger partial charge in [0.25, 0.3) is 0 Å². The fourth-order valence-corrected chi connectivity index (χ4v) is 3.06. The van der Waals surface area contributed by atoms with E-state index >= 15 is 0 Å². The molecule has 0 atom stereocenters. The summed E-state index contributed by atoms with van der Waals surface area (Å²) in [6, 6.07) is 15.2. The number of nitrogens with zero attached hydrogens (tertiary/aromatic N) is 1. The Bertz CT molecular complexity index is 1170. The van der Waals surface area contributed by atoms with Crippen LogP contribution in [0, 0.1) is 11.6 Å². The normalized spacial score (nSPS) is 11.0. The fourth-order valence-electron chi connectivity index (χ4n) is 3.06. The molecule has 1 aromatic heterocycles. The smallest absolute Gasteiger partial charge is 0.168 e. The molecule has 0 saturated carbocycles. The van der Waals surface area contributed by atoms with Crippen LogP contribution in [0.5, 0.6) is 5.75 Å². The predicted molar refractivity (Wildman–Crippen MR) is 106 cm³/mol. The van der Waals surface area contributed by atoms with Gasteiger partial charge in [-0.25, -0.2) is 8.78 Å². The van der Waals surface area contributed by atoms with Crippen LogP contribution in [0.2, 0.25) is 0 Å². The number of rotatable bonds is 6. The van der Waals surface area contributed by atoms with Gasteiger partial charge in [-0.2, -0.15) is 5.10 Å². The molecule has 0 bridgehead atoms. The molecule has 0 saturated heterocycles. The van der Waals surface area contributed by atoms with Crippen LogP contribution in [-0.4, -0.2) is 16.0 Å². The zero-order chi connectivity index (χ0) is 20.4. The van der Waals surface area contributed by atoms with Crippen LogP contribution in [0.15, 0.2) is 60.7 Å². The lowest BCUT2D eigenvalue weighted by Gasteiger charge is -2.07. The summed E-state index contributed by atoms with van der Waals surface area (Å²) in [5.41, 5.74) is 8.54. The molecule has 5 nitrogen and oxygen atoms in total. The van der Waals surface area contributed by atoms with Crippen LogP contribution in [0.3, 0.4) is 0 Å². The van der Waals surface area contributed by atoms with Crippen molar-refractivity contribution < 1.29 is 18.3 Å². The van der Waals surface area contributed by atoms with Crippen molar-refractivity contribution in [2.45, 2.75) is 13.0 Å². The molecular weight excluding hydrogens is 376 g/mol. The third kappa shape index (κ3) is 4.24. The second-order valence-corrected chi connectivity index (χ2v) is 6.67. The number of hydrogen-bond donors (Lipinski definition) is 2. The van der Waals surface area contributed by atoms with E-state index < -0.39 is 11.6 Å². The number of hydrogen-bond acceptors (Lipinski definition) is 4. The molecule has 29 heavy (non-hydrogen) atoms. The summed E-state index contributed by atoms with van der Waals surface area (Å²) < 4.78 is 32.3. The van der Waals surface area contributed by atoms with E-state index in [1.165, 1.54) is 12.1 Å². The first kappa shape index (κ1) is 18.6. The molecule has 3 N–H and O–H groups in total. The number of nitrogen functional groups attached to an aromatic ring is 1. The number of anilines is 1. The van der Waals surface area contributed by atoms with Crippen LogP contribution in [0.1, 0.15) is 21.6 Å². The molecule has 0 aliphatic heterocycles. The van der Waals surface area contributed by atoms with E-state index in [1.807, 2.05) is 0 Å². The second kappa shape index (κ2) is 7.71. The number of Topliss-reactive ketones (excluding diaryl/α,β-unsaturated/α-hetero) is 1. The van der Waals surface area contributed by atoms with Gasteiger partial charge in [-0.3, -0.25) is 9.89 Å². The number of carbonyl (C=O) groups excluding carboxylic acids is 1. The SMILES string of the molecule is Nc1ccc(C(=O)Cc2[nH]nc3ccc(OCc4cc(F)cc(F)c4)cc23)cc1. The number of aromatic amines is 1. The number of carbonyl (C=O) groups is 1. The van der Waals surface area contributed by atoms with Crippen LogP contribution >= 0.6 is 0 Å². The Morgan fingerprint density at radius 1 is 1.00 bits per heavy atom. The van der Waals surface area contributed by atoms with E-state index in [0.29, 0.717) is 33.8 Å². The number of ketones is 1. The van der Waals surface area contributed by atoms with Crippen molar-refractivity contribution in [1.82, 2.24) is 10.2 Å². The summed E-state index contributed by atoms with van der Waals surface area (Å²) >= 11 is 0. The molecule has 1 heterocycles. The van der Waals surface area contributed by atoms with Crippen molar-refractivity contribution in [3.8, 4) is 5.75 Å². The minimum Gasteiger partial charge on any atom is -0.489 e. The summed E-state index contributed by atoms with van der Waals surface area (Å²) in [6.45, 7) is 0.0116. The van der Waals surface area contributed by atoms with Gasteiger partial charge < -0.3 is 10.5 Å². The molecule has 0 aliphatic rings. The van der Waals surface area contributed by atoms with Crippen LogP contribution in [0.4, 0.5) is 14.5 Å². The monoisotopic (exact) mass is 393 g/mol. The van der Waals surface area contributed by atoms with E-state index in [0.717, 1.165) is 11.5 Å². The van der Waals surface area contributed by atoms with Crippen LogP contribution in [-0.2, 0) is 13.0 Å². The van der Waals surface area contributed by atoms with Crippen molar-refractivity contribution in [3.05, 3.63) is 89.1 Å². The number of halogens is 2. The van der Waals surface area contributed by atoms with Gasteiger partial charge in [0.05, 0.1) is 17.6 Å². The number of H-pyrrole nitrogens is 1. The number of fused-ring (bicyclic) bond motifs is 1. The Labute approximate surface area is 165 Å². The van der Waals surface area contributed by atoms with Gasteiger partial charge in [-0.15, -0.1) is 0 Å². The second-order valence-electron chi connectivity index (χ2n) is 6.67. The molecular formula is C22H17F2N3O2. The van der Waals surface area contributed by atoms with Gasteiger partial charge in [0, 0.05) is 22.7 Å². The number of nitrogens with one attached hydrogen (secondary N) is 1. The maximum Gasteiger partial charge on any atom is 0.168 e. The van der Waals surface area contributed by atoms with Crippen molar-refractivity contribution in [3.63, 3.8) is 0 Å². The van der Waals surface area contributed by atoms with Gasteiger partial charge in [0.1, 0.15) is 24.0 Å². The minimum atomic E-state index is -0.655. The molecule has 4 aromatic rings. The third-order valence-electron chi connectivity index (χ3n) is 4.50. The maximum absolute atomic E-state index is 13.3. The minimum absolute atomic E-state index is 0.0116. The zero-order valence-electron chi connectivity index (χ0n) is 15.3. The first-order valence-corrected chi connectivity index (χ1v) is 8.91. The molecule has 4 rings (SSSR count). The highest BCUT2D eigenvalue weighted by Crippen LogP contribution is 2.24. The van der Waals surface area contributed by atoms with Crippen molar-refractivity contribution in [2.24, 2.45) is 0 Å². The molecule has 146 valence electrons. The number of ether oxygens (including phenoxy) is 1. The summed E-state index contributed by atoms with van der Waals surface area (Å²) in [7, 11) is 0. The average molecular weight is 393 g/mol. The fraction of sp³-hybridized carbons (Fsp3) is 0.0909. The molecule has 0 fully saturated rings. The van der Waals surface area contributed by atoms with Gasteiger partial charge in [-0.1, -0.05) is 0 Å². The molecule has 0 unspecified atom stereocenters. The first-order valence-electron chi connectivity index (χ1n) is 8.91. The lowest BCUT2D eigenvalue weighted by atomic mass is 10.0. The largest absolute Gasteiger partial charge is 0.489 e. The van der Waals surface area contributed by atoms with Crippen molar-refractivity contribution >= 4 is 22.4 Å². The molecule has 0 spiro atoms. The maximum atomic E-state index is 13.3.